The van der Waals surface area contributed by atoms with Crippen LogP contribution in [0, 0.1) is 0 Å². The predicted molar refractivity (Wildman–Crippen MR) is 79.4 cm³/mol. The minimum atomic E-state index is -0.917. The molecule has 1 unspecified atom stereocenters. The summed E-state index contributed by atoms with van der Waals surface area (Å²) >= 11 is 0. The fourth-order valence-corrected chi connectivity index (χ4v) is 2.49. The first kappa shape index (κ1) is 13.4. The van der Waals surface area contributed by atoms with Crippen LogP contribution in [0.25, 0.3) is 6.08 Å². The van der Waals surface area contributed by atoms with Crippen molar-refractivity contribution in [2.45, 2.75) is 19.4 Å². The van der Waals surface area contributed by atoms with E-state index in [1.165, 1.54) is 6.20 Å². The molecular formula is C17H15NO3. The summed E-state index contributed by atoms with van der Waals surface area (Å²) < 4.78 is 5.89. The Balaban J connectivity index is 1.80. The van der Waals surface area contributed by atoms with E-state index in [0.717, 1.165) is 22.6 Å². The Morgan fingerprint density at radius 2 is 2.05 bits per heavy atom. The number of hydrogen-bond acceptors (Lipinski definition) is 3. The number of carbonyl (C=O) groups is 1. The topological polar surface area (TPSA) is 59.4 Å². The molecule has 3 rings (SSSR count). The second-order valence-corrected chi connectivity index (χ2v) is 5.00. The Labute approximate surface area is 122 Å². The van der Waals surface area contributed by atoms with Crippen LogP contribution in [0.3, 0.4) is 0 Å². The van der Waals surface area contributed by atoms with Crippen LogP contribution in [0.1, 0.15) is 28.5 Å². The highest BCUT2D eigenvalue weighted by Crippen LogP contribution is 2.29. The predicted octanol–water partition coefficient (Wildman–Crippen LogP) is 3.19. The number of aromatic nitrogens is 1. The van der Waals surface area contributed by atoms with Gasteiger partial charge >= 0.3 is 5.97 Å². The molecule has 0 bridgehead atoms. The molecule has 1 N–H and O–H groups in total. The average molecular weight is 281 g/mol. The van der Waals surface area contributed by atoms with E-state index in [4.69, 9.17) is 4.74 Å². The number of carboxylic acids is 1. The van der Waals surface area contributed by atoms with E-state index in [-0.39, 0.29) is 6.10 Å². The lowest BCUT2D eigenvalue weighted by Crippen LogP contribution is -2.15. The molecule has 106 valence electrons. The summed E-state index contributed by atoms with van der Waals surface area (Å²) in [6.07, 6.45) is 3.90. The standard InChI is InChI=1S/C17H15NO3/c1-11(21-13-5-3-2-4-6-13)12-9-15-14(17(19)20)7-8-18-16(15)10-12/h2-8,10-11H,9H2,1H3,(H,19,20). The molecule has 0 radical (unpaired) electrons. The van der Waals surface area contributed by atoms with Gasteiger partial charge in [-0.2, -0.15) is 0 Å². The van der Waals surface area contributed by atoms with Gasteiger partial charge in [-0.15, -0.1) is 0 Å². The van der Waals surface area contributed by atoms with Crippen molar-refractivity contribution in [2.24, 2.45) is 0 Å². The Kier molecular flexibility index (Phi) is 3.44. The maximum Gasteiger partial charge on any atom is 0.336 e. The van der Waals surface area contributed by atoms with Crippen LogP contribution in [0.15, 0.2) is 48.2 Å². The molecule has 1 atom stereocenters. The number of para-hydroxylation sites is 1. The van der Waals surface area contributed by atoms with Crippen molar-refractivity contribution in [3.63, 3.8) is 0 Å². The molecule has 0 saturated carbocycles. The lowest BCUT2D eigenvalue weighted by atomic mass is 10.0. The van der Waals surface area contributed by atoms with Gasteiger partial charge in [-0.1, -0.05) is 18.2 Å². The van der Waals surface area contributed by atoms with Crippen LogP contribution in [0.2, 0.25) is 0 Å². The van der Waals surface area contributed by atoms with Crippen LogP contribution in [-0.2, 0) is 6.42 Å². The lowest BCUT2D eigenvalue weighted by Gasteiger charge is -2.16. The second kappa shape index (κ2) is 5.40. The first-order chi connectivity index (χ1) is 10.1. The first-order valence-electron chi connectivity index (χ1n) is 6.78. The van der Waals surface area contributed by atoms with E-state index in [1.54, 1.807) is 6.07 Å². The number of ether oxygens (including phenoxy) is 1. The Morgan fingerprint density at radius 1 is 1.29 bits per heavy atom. The number of nitrogens with zero attached hydrogens (tertiary/aromatic N) is 1. The minimum Gasteiger partial charge on any atom is -0.486 e. The van der Waals surface area contributed by atoms with Crippen LogP contribution in [0.4, 0.5) is 0 Å². The van der Waals surface area contributed by atoms with E-state index in [1.807, 2.05) is 43.3 Å². The number of rotatable bonds is 4. The first-order valence-corrected chi connectivity index (χ1v) is 6.78. The molecule has 2 aromatic rings. The van der Waals surface area contributed by atoms with Crippen molar-refractivity contribution in [3.05, 3.63) is 65.0 Å². The molecule has 4 heteroatoms. The zero-order valence-electron chi connectivity index (χ0n) is 11.6. The zero-order chi connectivity index (χ0) is 14.8. The minimum absolute atomic E-state index is 0.122. The number of aromatic carboxylic acids is 1. The van der Waals surface area contributed by atoms with Crippen molar-refractivity contribution in [3.8, 4) is 5.75 Å². The van der Waals surface area contributed by atoms with E-state index in [0.29, 0.717) is 12.0 Å². The second-order valence-electron chi connectivity index (χ2n) is 5.00. The zero-order valence-corrected chi connectivity index (χ0v) is 11.6. The van der Waals surface area contributed by atoms with E-state index in [9.17, 15) is 9.90 Å². The molecule has 1 aliphatic carbocycles. The van der Waals surface area contributed by atoms with Crippen LogP contribution in [0.5, 0.6) is 5.75 Å². The van der Waals surface area contributed by atoms with Gasteiger partial charge < -0.3 is 9.84 Å². The molecule has 0 amide bonds. The molecule has 0 spiro atoms. The number of carboxylic acid groups (broad SMARTS) is 1. The van der Waals surface area contributed by atoms with Gasteiger partial charge in [-0.25, -0.2) is 4.79 Å². The molecular weight excluding hydrogens is 266 g/mol. The molecule has 1 heterocycles. The Morgan fingerprint density at radius 3 is 2.76 bits per heavy atom. The van der Waals surface area contributed by atoms with Gasteiger partial charge in [-0.05, 0) is 42.3 Å². The molecule has 1 aromatic carbocycles. The molecule has 21 heavy (non-hydrogen) atoms. The van der Waals surface area contributed by atoms with E-state index >= 15 is 0 Å². The van der Waals surface area contributed by atoms with Crippen LogP contribution < -0.4 is 4.74 Å². The SMILES string of the molecule is CC(Oc1ccccc1)C1=Cc2nccc(C(=O)O)c2C1. The summed E-state index contributed by atoms with van der Waals surface area (Å²) in [7, 11) is 0. The normalized spacial score (nSPS) is 14.2. The van der Waals surface area contributed by atoms with Crippen molar-refractivity contribution < 1.29 is 14.6 Å². The Hall–Kier alpha value is -2.62. The Bertz CT molecular complexity index is 707. The fourth-order valence-electron chi connectivity index (χ4n) is 2.49. The van der Waals surface area contributed by atoms with Crippen molar-refractivity contribution in [2.75, 3.05) is 0 Å². The quantitative estimate of drug-likeness (QED) is 0.935. The lowest BCUT2D eigenvalue weighted by molar-refractivity contribution is 0.0695. The number of hydrogen-bond donors (Lipinski definition) is 1. The van der Waals surface area contributed by atoms with Crippen molar-refractivity contribution in [1.29, 1.82) is 0 Å². The number of fused-ring (bicyclic) bond motifs is 1. The van der Waals surface area contributed by atoms with Crippen LogP contribution >= 0.6 is 0 Å². The smallest absolute Gasteiger partial charge is 0.336 e. The largest absolute Gasteiger partial charge is 0.486 e. The van der Waals surface area contributed by atoms with Crippen LogP contribution in [-0.4, -0.2) is 22.2 Å². The third-order valence-corrected chi connectivity index (χ3v) is 3.60. The van der Waals surface area contributed by atoms with Gasteiger partial charge in [0.25, 0.3) is 0 Å². The average Bonchev–Trinajstić information content (AvgIpc) is 2.92. The molecule has 0 saturated heterocycles. The summed E-state index contributed by atoms with van der Waals surface area (Å²) in [5, 5.41) is 9.23. The van der Waals surface area contributed by atoms with Crippen molar-refractivity contribution in [1.82, 2.24) is 4.98 Å². The van der Waals surface area contributed by atoms with Gasteiger partial charge in [-0.3, -0.25) is 4.98 Å². The third-order valence-electron chi connectivity index (χ3n) is 3.60. The molecule has 0 fully saturated rings. The molecule has 4 nitrogen and oxygen atoms in total. The molecule has 1 aliphatic rings. The summed E-state index contributed by atoms with van der Waals surface area (Å²) in [5.74, 6) is -0.117. The summed E-state index contributed by atoms with van der Waals surface area (Å²) in [5.41, 5.74) is 2.85. The van der Waals surface area contributed by atoms with Crippen molar-refractivity contribution >= 4 is 12.0 Å². The third kappa shape index (κ3) is 2.65. The summed E-state index contributed by atoms with van der Waals surface area (Å²) in [6, 6.07) is 11.1. The maximum atomic E-state index is 11.2. The highest BCUT2D eigenvalue weighted by molar-refractivity contribution is 5.91. The fraction of sp³-hybridized carbons (Fsp3) is 0.176. The highest BCUT2D eigenvalue weighted by atomic mass is 16.5. The monoisotopic (exact) mass is 281 g/mol. The molecule has 1 aromatic heterocycles. The maximum absolute atomic E-state index is 11.2. The summed E-state index contributed by atoms with van der Waals surface area (Å²) in [6.45, 7) is 1.96. The van der Waals surface area contributed by atoms with E-state index in [2.05, 4.69) is 4.98 Å². The van der Waals surface area contributed by atoms with Gasteiger partial charge in [0.15, 0.2) is 0 Å². The van der Waals surface area contributed by atoms with Gasteiger partial charge in [0.05, 0.1) is 11.3 Å². The molecule has 0 aliphatic heterocycles. The van der Waals surface area contributed by atoms with Gasteiger partial charge in [0, 0.05) is 12.6 Å². The van der Waals surface area contributed by atoms with Gasteiger partial charge in [0.1, 0.15) is 11.9 Å². The van der Waals surface area contributed by atoms with E-state index < -0.39 is 5.97 Å². The van der Waals surface area contributed by atoms with Gasteiger partial charge in [0.2, 0.25) is 0 Å². The number of pyridine rings is 1. The highest BCUT2D eigenvalue weighted by Gasteiger charge is 2.24. The summed E-state index contributed by atoms with van der Waals surface area (Å²) in [4.78, 5) is 15.5. The number of benzene rings is 1.